The average molecular weight is 474 g/mol. The van der Waals surface area contributed by atoms with Crippen molar-refractivity contribution in [3.8, 4) is 17.2 Å². The molecule has 0 saturated heterocycles. The van der Waals surface area contributed by atoms with E-state index >= 15 is 0 Å². The van der Waals surface area contributed by atoms with Gasteiger partial charge in [0.2, 0.25) is 17.2 Å². The SMILES string of the molecule is CC(=O)C(Oc1ccc(S(=O)Oc2ccc(O)cc2)cc1)C(=O)Nc1cc(C)ccc1Cl. The molecule has 2 atom stereocenters. The zero-order chi connectivity index (χ0) is 23.3. The van der Waals surface area contributed by atoms with E-state index < -0.39 is 28.9 Å². The second-order valence-electron chi connectivity index (χ2n) is 6.86. The van der Waals surface area contributed by atoms with E-state index in [1.807, 2.05) is 6.92 Å². The van der Waals surface area contributed by atoms with Gasteiger partial charge in [-0.3, -0.25) is 9.59 Å². The normalized spacial score (nSPS) is 12.5. The van der Waals surface area contributed by atoms with E-state index in [1.54, 1.807) is 18.2 Å². The second-order valence-corrected chi connectivity index (χ2v) is 8.38. The molecule has 166 valence electrons. The van der Waals surface area contributed by atoms with Gasteiger partial charge >= 0.3 is 0 Å². The molecule has 2 unspecified atom stereocenters. The molecular formula is C23H20ClNO6S. The maximum absolute atomic E-state index is 12.6. The Balaban J connectivity index is 1.67. The smallest absolute Gasteiger partial charge is 0.273 e. The molecule has 3 aromatic carbocycles. The van der Waals surface area contributed by atoms with Gasteiger partial charge in [0, 0.05) is 0 Å². The van der Waals surface area contributed by atoms with E-state index in [9.17, 15) is 18.9 Å². The number of phenols is 1. The predicted octanol–water partition coefficient (Wildman–Crippen LogP) is 4.43. The highest BCUT2D eigenvalue weighted by Gasteiger charge is 2.26. The Morgan fingerprint density at radius 1 is 1.00 bits per heavy atom. The summed E-state index contributed by atoms with van der Waals surface area (Å²) >= 11 is 4.29. The van der Waals surface area contributed by atoms with Crippen molar-refractivity contribution in [2.45, 2.75) is 24.8 Å². The molecule has 3 rings (SSSR count). The van der Waals surface area contributed by atoms with Crippen molar-refractivity contribution in [2.24, 2.45) is 0 Å². The van der Waals surface area contributed by atoms with Gasteiger partial charge in [0.05, 0.1) is 15.6 Å². The molecule has 9 heteroatoms. The van der Waals surface area contributed by atoms with Crippen LogP contribution in [0.15, 0.2) is 71.6 Å². The lowest BCUT2D eigenvalue weighted by atomic mass is 10.2. The van der Waals surface area contributed by atoms with E-state index in [0.717, 1.165) is 5.56 Å². The van der Waals surface area contributed by atoms with Crippen LogP contribution in [0.3, 0.4) is 0 Å². The van der Waals surface area contributed by atoms with E-state index in [0.29, 0.717) is 21.4 Å². The number of halogens is 1. The van der Waals surface area contributed by atoms with Crippen molar-refractivity contribution in [3.05, 3.63) is 77.3 Å². The standard InChI is InChI=1S/C23H20ClNO6S/c1-14-3-12-20(24)21(13-14)25-23(28)22(15(2)26)30-17-8-10-19(11-9-17)32(29)31-18-6-4-16(27)5-7-18/h3-13,22,27H,1-2H3,(H,25,28). The first-order valence-corrected chi connectivity index (χ1v) is 10.9. The van der Waals surface area contributed by atoms with Crippen LogP contribution in [0.1, 0.15) is 12.5 Å². The second kappa shape index (κ2) is 10.3. The summed E-state index contributed by atoms with van der Waals surface area (Å²) < 4.78 is 23.3. The van der Waals surface area contributed by atoms with Gasteiger partial charge in [0.1, 0.15) is 17.2 Å². The van der Waals surface area contributed by atoms with E-state index in [2.05, 4.69) is 5.32 Å². The van der Waals surface area contributed by atoms with Gasteiger partial charge in [-0.05, 0) is 80.1 Å². The number of hydrogen-bond donors (Lipinski definition) is 2. The minimum atomic E-state index is -1.81. The molecule has 2 N–H and O–H groups in total. The third-order valence-electron chi connectivity index (χ3n) is 4.27. The summed E-state index contributed by atoms with van der Waals surface area (Å²) in [4.78, 5) is 25.0. The molecule has 0 bridgehead atoms. The van der Waals surface area contributed by atoms with Crippen molar-refractivity contribution in [3.63, 3.8) is 0 Å². The fourth-order valence-corrected chi connectivity index (χ4v) is 3.56. The van der Waals surface area contributed by atoms with Crippen molar-refractivity contribution in [1.82, 2.24) is 0 Å². The molecule has 0 heterocycles. The number of rotatable bonds is 8. The summed E-state index contributed by atoms with van der Waals surface area (Å²) in [5.74, 6) is -0.521. The Bertz CT molecular complexity index is 1150. The van der Waals surface area contributed by atoms with Gasteiger partial charge < -0.3 is 19.3 Å². The maximum atomic E-state index is 12.6. The fourth-order valence-electron chi connectivity index (χ4n) is 2.66. The summed E-state index contributed by atoms with van der Waals surface area (Å²) in [7, 11) is 0. The Morgan fingerprint density at radius 3 is 2.25 bits per heavy atom. The number of ether oxygens (including phenoxy) is 1. The van der Waals surface area contributed by atoms with Crippen LogP contribution in [0, 0.1) is 6.92 Å². The molecule has 0 aliphatic rings. The molecule has 0 saturated carbocycles. The molecule has 3 aromatic rings. The van der Waals surface area contributed by atoms with Crippen LogP contribution in [0.4, 0.5) is 5.69 Å². The number of Topliss-reactive ketones (excluding diaryl/α,β-unsaturated/α-hetero) is 1. The number of phenolic OH excluding ortho intramolecular Hbond substituents is 1. The van der Waals surface area contributed by atoms with E-state index in [-0.39, 0.29) is 11.5 Å². The average Bonchev–Trinajstić information content (AvgIpc) is 2.76. The number of anilines is 1. The molecule has 0 spiro atoms. The maximum Gasteiger partial charge on any atom is 0.273 e. The Kier molecular flexibility index (Phi) is 7.50. The summed E-state index contributed by atoms with van der Waals surface area (Å²) in [5.41, 5.74) is 1.27. The molecule has 0 aliphatic heterocycles. The summed E-state index contributed by atoms with van der Waals surface area (Å²) in [5, 5.41) is 12.2. The predicted molar refractivity (Wildman–Crippen MR) is 122 cm³/mol. The fraction of sp³-hybridized carbons (Fsp3) is 0.130. The molecular weight excluding hydrogens is 454 g/mol. The largest absolute Gasteiger partial charge is 0.508 e. The van der Waals surface area contributed by atoms with Gasteiger partial charge in [0.25, 0.3) is 5.91 Å². The molecule has 0 aliphatic carbocycles. The van der Waals surface area contributed by atoms with Crippen LogP contribution >= 0.6 is 11.6 Å². The van der Waals surface area contributed by atoms with Crippen LogP contribution in [-0.2, 0) is 20.7 Å². The summed E-state index contributed by atoms with van der Waals surface area (Å²) in [6, 6.07) is 16.9. The molecule has 32 heavy (non-hydrogen) atoms. The molecule has 0 radical (unpaired) electrons. The Morgan fingerprint density at radius 2 is 1.62 bits per heavy atom. The number of nitrogens with one attached hydrogen (secondary N) is 1. The number of amides is 1. The van der Waals surface area contributed by atoms with Crippen LogP contribution in [0.5, 0.6) is 17.2 Å². The minimum absolute atomic E-state index is 0.0679. The van der Waals surface area contributed by atoms with Crippen molar-refractivity contribution in [1.29, 1.82) is 0 Å². The molecule has 0 aromatic heterocycles. The van der Waals surface area contributed by atoms with Crippen molar-refractivity contribution >= 4 is 40.1 Å². The highest BCUT2D eigenvalue weighted by atomic mass is 35.5. The van der Waals surface area contributed by atoms with Crippen LogP contribution in [-0.4, -0.2) is 27.1 Å². The van der Waals surface area contributed by atoms with Crippen LogP contribution in [0.25, 0.3) is 0 Å². The Hall–Kier alpha value is -3.36. The number of carbonyl (C=O) groups is 2. The zero-order valence-corrected chi connectivity index (χ0v) is 18.8. The number of benzene rings is 3. The summed E-state index contributed by atoms with van der Waals surface area (Å²) in [6.07, 6.45) is -1.39. The molecule has 1 amide bonds. The number of aromatic hydroxyl groups is 1. The van der Waals surface area contributed by atoms with Gasteiger partial charge in [-0.2, -0.15) is 0 Å². The minimum Gasteiger partial charge on any atom is -0.508 e. The first-order chi connectivity index (χ1) is 15.2. The Labute approximate surface area is 192 Å². The highest BCUT2D eigenvalue weighted by molar-refractivity contribution is 7.80. The quantitative estimate of drug-likeness (QED) is 0.469. The van der Waals surface area contributed by atoms with E-state index in [4.69, 9.17) is 20.5 Å². The zero-order valence-electron chi connectivity index (χ0n) is 17.2. The van der Waals surface area contributed by atoms with Gasteiger partial charge in [0.15, 0.2) is 5.78 Å². The third-order valence-corrected chi connectivity index (χ3v) is 5.60. The topological polar surface area (TPSA) is 102 Å². The summed E-state index contributed by atoms with van der Waals surface area (Å²) in [6.45, 7) is 3.10. The molecule has 0 fully saturated rings. The molecule has 7 nitrogen and oxygen atoms in total. The first-order valence-electron chi connectivity index (χ1n) is 9.46. The number of carbonyl (C=O) groups excluding carboxylic acids is 2. The van der Waals surface area contributed by atoms with Gasteiger partial charge in [-0.1, -0.05) is 17.7 Å². The lowest BCUT2D eigenvalue weighted by molar-refractivity contribution is -0.133. The number of hydrogen-bond acceptors (Lipinski definition) is 6. The van der Waals surface area contributed by atoms with Crippen molar-refractivity contribution < 1.29 is 27.8 Å². The lowest BCUT2D eigenvalue weighted by Gasteiger charge is -2.17. The van der Waals surface area contributed by atoms with Gasteiger partial charge in [-0.15, -0.1) is 0 Å². The first kappa shape index (κ1) is 23.3. The third kappa shape index (κ3) is 6.09. The van der Waals surface area contributed by atoms with Crippen LogP contribution < -0.4 is 14.2 Å². The van der Waals surface area contributed by atoms with Crippen LogP contribution in [0.2, 0.25) is 5.02 Å². The monoisotopic (exact) mass is 473 g/mol. The number of aryl methyl sites for hydroxylation is 1. The lowest BCUT2D eigenvalue weighted by Crippen LogP contribution is -2.38. The van der Waals surface area contributed by atoms with Gasteiger partial charge in [-0.25, -0.2) is 4.21 Å². The van der Waals surface area contributed by atoms with E-state index in [1.165, 1.54) is 55.5 Å². The number of ketones is 1. The van der Waals surface area contributed by atoms with Crippen molar-refractivity contribution in [2.75, 3.05) is 5.32 Å². The highest BCUT2D eigenvalue weighted by Crippen LogP contribution is 2.24.